The van der Waals surface area contributed by atoms with Gasteiger partial charge in [0, 0.05) is 11.8 Å². The van der Waals surface area contributed by atoms with Crippen molar-refractivity contribution in [1.82, 2.24) is 4.98 Å². The average Bonchev–Trinajstić information content (AvgIpc) is 2.72. The smallest absolute Gasteiger partial charge is 0.377 e. The van der Waals surface area contributed by atoms with Crippen molar-refractivity contribution in [3.05, 3.63) is 54.2 Å². The summed E-state index contributed by atoms with van der Waals surface area (Å²) in [6, 6.07) is 11.9. The van der Waals surface area contributed by atoms with Crippen molar-refractivity contribution in [2.24, 2.45) is 5.92 Å². The number of nitrogens with zero attached hydrogens (tertiary/aromatic N) is 1. The van der Waals surface area contributed by atoms with Crippen molar-refractivity contribution in [2.45, 2.75) is 32.1 Å². The van der Waals surface area contributed by atoms with Crippen LogP contribution >= 0.6 is 0 Å². The molecule has 2 atom stereocenters. The van der Waals surface area contributed by atoms with E-state index in [9.17, 15) is 18.4 Å². The van der Waals surface area contributed by atoms with Gasteiger partial charge in [-0.05, 0) is 37.6 Å². The number of aromatic nitrogens is 1. The highest BCUT2D eigenvalue weighted by atomic mass is 19.3. The van der Waals surface area contributed by atoms with Gasteiger partial charge in [-0.15, -0.1) is 0 Å². The Kier molecular flexibility index (Phi) is 6.48. The first-order valence-electron chi connectivity index (χ1n) is 8.85. The second-order valence-electron chi connectivity index (χ2n) is 6.55. The number of ether oxygens (including phenoxy) is 2. The number of benzene rings is 1. The normalized spacial score (nSPS) is 14.6. The molecule has 1 aromatic heterocycles. The molecule has 5 nitrogen and oxygen atoms in total. The topological polar surface area (TPSA) is 65.5 Å². The van der Waals surface area contributed by atoms with Gasteiger partial charge in [0.15, 0.2) is 0 Å². The second kappa shape index (κ2) is 8.46. The molecule has 7 heteroatoms. The molecule has 0 radical (unpaired) electrons. The van der Waals surface area contributed by atoms with E-state index in [0.717, 1.165) is 14.0 Å². The fourth-order valence-corrected chi connectivity index (χ4v) is 3.06. The summed E-state index contributed by atoms with van der Waals surface area (Å²) >= 11 is 0. The Bertz CT molecular complexity index is 841. The lowest BCUT2D eigenvalue weighted by molar-refractivity contribution is -0.186. The maximum absolute atomic E-state index is 14.8. The molecule has 0 fully saturated rings. The lowest BCUT2D eigenvalue weighted by Gasteiger charge is -2.36. The molecular formula is C21H23F2NO4. The Morgan fingerprint density at radius 2 is 1.86 bits per heavy atom. The maximum atomic E-state index is 14.8. The van der Waals surface area contributed by atoms with Gasteiger partial charge in [0.25, 0.3) is 0 Å². The molecule has 2 rings (SSSR count). The Morgan fingerprint density at radius 3 is 2.43 bits per heavy atom. The van der Waals surface area contributed by atoms with E-state index in [0.29, 0.717) is 16.8 Å². The summed E-state index contributed by atoms with van der Waals surface area (Å²) in [5.41, 5.74) is -0.226. The standard InChI is InChI=1S/C21H23F2NO4/c1-5-28-19(26)21(22,23)14(2)20(3,18(25)27-4)16-10-8-9-15(13-16)17-11-6-7-12-24-17/h6-14H,5H2,1-4H3/t14-,20-/m0/s1. The first-order chi connectivity index (χ1) is 13.2. The van der Waals surface area contributed by atoms with Gasteiger partial charge >= 0.3 is 17.9 Å². The molecule has 0 spiro atoms. The largest absolute Gasteiger partial charge is 0.468 e. The molecule has 1 heterocycles. The van der Waals surface area contributed by atoms with Crippen LogP contribution in [0.5, 0.6) is 0 Å². The number of pyridine rings is 1. The number of esters is 2. The van der Waals surface area contributed by atoms with E-state index in [2.05, 4.69) is 9.72 Å². The van der Waals surface area contributed by atoms with Gasteiger partial charge in [0.2, 0.25) is 0 Å². The third-order valence-electron chi connectivity index (χ3n) is 4.99. The summed E-state index contributed by atoms with van der Waals surface area (Å²) < 4.78 is 39.0. The molecule has 0 aliphatic heterocycles. The summed E-state index contributed by atoms with van der Waals surface area (Å²) in [5.74, 6) is -8.15. The lowest BCUT2D eigenvalue weighted by Crippen LogP contribution is -2.51. The fourth-order valence-electron chi connectivity index (χ4n) is 3.06. The van der Waals surface area contributed by atoms with E-state index in [1.54, 1.807) is 48.7 Å². The summed E-state index contributed by atoms with van der Waals surface area (Å²) in [6.07, 6.45) is 1.61. The summed E-state index contributed by atoms with van der Waals surface area (Å²) in [5, 5.41) is 0. The van der Waals surface area contributed by atoms with Crippen molar-refractivity contribution in [3.8, 4) is 11.3 Å². The van der Waals surface area contributed by atoms with Crippen LogP contribution in [0.1, 0.15) is 26.3 Å². The van der Waals surface area contributed by atoms with Crippen molar-refractivity contribution in [2.75, 3.05) is 13.7 Å². The van der Waals surface area contributed by atoms with E-state index in [1.807, 2.05) is 0 Å². The minimum absolute atomic E-state index is 0.189. The number of rotatable bonds is 7. The van der Waals surface area contributed by atoms with E-state index in [-0.39, 0.29) is 6.61 Å². The highest BCUT2D eigenvalue weighted by molar-refractivity contribution is 5.86. The molecule has 28 heavy (non-hydrogen) atoms. The Morgan fingerprint density at radius 1 is 1.14 bits per heavy atom. The van der Waals surface area contributed by atoms with Crippen molar-refractivity contribution >= 4 is 11.9 Å². The van der Waals surface area contributed by atoms with Crippen LogP contribution in [0.25, 0.3) is 11.3 Å². The zero-order chi connectivity index (χ0) is 20.9. The van der Waals surface area contributed by atoms with E-state index in [4.69, 9.17) is 4.74 Å². The van der Waals surface area contributed by atoms with Crippen LogP contribution in [0.3, 0.4) is 0 Å². The van der Waals surface area contributed by atoms with Crippen LogP contribution < -0.4 is 0 Å². The van der Waals surface area contributed by atoms with Crippen molar-refractivity contribution < 1.29 is 27.8 Å². The molecule has 0 N–H and O–H groups in total. The molecular weight excluding hydrogens is 368 g/mol. The Balaban J connectivity index is 2.57. The minimum atomic E-state index is -3.89. The van der Waals surface area contributed by atoms with Crippen LogP contribution in [0.15, 0.2) is 48.7 Å². The number of halogens is 2. The number of methoxy groups -OCH3 is 1. The highest BCUT2D eigenvalue weighted by Crippen LogP contribution is 2.43. The number of hydrogen-bond acceptors (Lipinski definition) is 5. The van der Waals surface area contributed by atoms with Crippen LogP contribution in [-0.2, 0) is 24.5 Å². The van der Waals surface area contributed by atoms with Crippen LogP contribution in [0, 0.1) is 5.92 Å². The molecule has 0 unspecified atom stereocenters. The number of alkyl halides is 2. The first-order valence-corrected chi connectivity index (χ1v) is 8.85. The third-order valence-corrected chi connectivity index (χ3v) is 4.99. The predicted octanol–water partition coefficient (Wildman–Crippen LogP) is 4.01. The van der Waals surface area contributed by atoms with E-state index >= 15 is 0 Å². The second-order valence-corrected chi connectivity index (χ2v) is 6.55. The van der Waals surface area contributed by atoms with E-state index in [1.165, 1.54) is 13.8 Å². The van der Waals surface area contributed by atoms with Crippen molar-refractivity contribution in [3.63, 3.8) is 0 Å². The first kappa shape index (κ1) is 21.5. The molecule has 0 bridgehead atoms. The Hall–Kier alpha value is -2.83. The molecule has 0 saturated heterocycles. The third kappa shape index (κ3) is 3.88. The van der Waals surface area contributed by atoms with Gasteiger partial charge in [-0.1, -0.05) is 31.2 Å². The summed E-state index contributed by atoms with van der Waals surface area (Å²) in [4.78, 5) is 28.7. The lowest BCUT2D eigenvalue weighted by atomic mass is 9.69. The van der Waals surface area contributed by atoms with Gasteiger partial charge in [-0.3, -0.25) is 9.78 Å². The molecule has 0 aliphatic carbocycles. The van der Waals surface area contributed by atoms with Crippen LogP contribution in [-0.4, -0.2) is 36.6 Å². The monoisotopic (exact) mass is 391 g/mol. The summed E-state index contributed by atoms with van der Waals surface area (Å²) in [6.45, 7) is 3.73. The van der Waals surface area contributed by atoms with Crippen LogP contribution in [0.4, 0.5) is 8.78 Å². The van der Waals surface area contributed by atoms with Gasteiger partial charge in [0.1, 0.15) is 0 Å². The minimum Gasteiger partial charge on any atom is -0.468 e. The Labute approximate surface area is 162 Å². The molecule has 0 aliphatic rings. The van der Waals surface area contributed by atoms with Gasteiger partial charge < -0.3 is 9.47 Å². The van der Waals surface area contributed by atoms with Gasteiger partial charge in [0.05, 0.1) is 30.7 Å². The van der Waals surface area contributed by atoms with Gasteiger partial charge in [-0.2, -0.15) is 8.78 Å². The number of hydrogen-bond donors (Lipinski definition) is 0. The van der Waals surface area contributed by atoms with Crippen LogP contribution in [0.2, 0.25) is 0 Å². The quantitative estimate of drug-likeness (QED) is 0.667. The number of carbonyl (C=O) groups excluding carboxylic acids is 2. The number of carbonyl (C=O) groups is 2. The average molecular weight is 391 g/mol. The maximum Gasteiger partial charge on any atom is 0.377 e. The molecule has 0 saturated carbocycles. The highest BCUT2D eigenvalue weighted by Gasteiger charge is 2.58. The van der Waals surface area contributed by atoms with Crippen molar-refractivity contribution in [1.29, 1.82) is 0 Å². The van der Waals surface area contributed by atoms with Gasteiger partial charge in [-0.25, -0.2) is 4.79 Å². The molecule has 0 amide bonds. The molecule has 2 aromatic rings. The predicted molar refractivity (Wildman–Crippen MR) is 99.8 cm³/mol. The molecule has 150 valence electrons. The molecule has 1 aromatic carbocycles. The van der Waals surface area contributed by atoms with E-state index < -0.39 is 29.2 Å². The summed E-state index contributed by atoms with van der Waals surface area (Å²) in [7, 11) is 1.12. The fraction of sp³-hybridized carbons (Fsp3) is 0.381. The zero-order valence-electron chi connectivity index (χ0n) is 16.2. The zero-order valence-corrected chi connectivity index (χ0v) is 16.2. The SMILES string of the molecule is CCOC(=O)C(F)(F)[C@@H](C)[C@](C)(C(=O)OC)c1cccc(-c2ccccn2)c1.